The van der Waals surface area contributed by atoms with Gasteiger partial charge in [-0.15, -0.1) is 0 Å². The molecule has 1 heterocycles. The third-order valence-electron chi connectivity index (χ3n) is 3.55. The van der Waals surface area contributed by atoms with Crippen LogP contribution in [0.15, 0.2) is 22.7 Å². The lowest BCUT2D eigenvalue weighted by Crippen LogP contribution is -2.39. The van der Waals surface area contributed by atoms with Crippen LogP contribution in [-0.4, -0.2) is 25.7 Å². The number of hydrogen-bond donors (Lipinski definition) is 1. The molecular formula is C14H17BrClNO2. The number of hydrogen-bond acceptors (Lipinski definition) is 2. The molecule has 1 saturated heterocycles. The molecule has 5 heteroatoms. The summed E-state index contributed by atoms with van der Waals surface area (Å²) in [6, 6.07) is 5.28. The molecule has 1 aromatic rings. The van der Waals surface area contributed by atoms with E-state index in [0.29, 0.717) is 17.1 Å². The van der Waals surface area contributed by atoms with Crippen molar-refractivity contribution in [2.24, 2.45) is 5.41 Å². The van der Waals surface area contributed by atoms with Crippen molar-refractivity contribution in [2.45, 2.75) is 19.8 Å². The molecule has 0 aromatic heterocycles. The van der Waals surface area contributed by atoms with Crippen molar-refractivity contribution in [1.29, 1.82) is 0 Å². The van der Waals surface area contributed by atoms with Crippen LogP contribution in [0, 0.1) is 5.41 Å². The maximum Gasteiger partial charge on any atom is 0.252 e. The smallest absolute Gasteiger partial charge is 0.252 e. The Bertz CT molecular complexity index is 473. The number of carbonyl (C=O) groups excluding carboxylic acids is 1. The van der Waals surface area contributed by atoms with Crippen molar-refractivity contribution in [3.63, 3.8) is 0 Å². The molecule has 0 unspecified atom stereocenters. The summed E-state index contributed by atoms with van der Waals surface area (Å²) in [6.07, 6.45) is 1.94. The van der Waals surface area contributed by atoms with Crippen LogP contribution >= 0.6 is 27.5 Å². The predicted octanol–water partition coefficient (Wildman–Crippen LogP) is 3.65. The van der Waals surface area contributed by atoms with Crippen molar-refractivity contribution in [2.75, 3.05) is 19.8 Å². The Kier molecular flexibility index (Phi) is 4.87. The Morgan fingerprint density at radius 3 is 2.84 bits per heavy atom. The van der Waals surface area contributed by atoms with Gasteiger partial charge in [-0.2, -0.15) is 0 Å². The first-order valence-electron chi connectivity index (χ1n) is 6.31. The number of carbonyl (C=O) groups is 1. The number of nitrogens with one attached hydrogen (secondary N) is 1. The van der Waals surface area contributed by atoms with Gasteiger partial charge in [0.25, 0.3) is 5.91 Å². The zero-order valence-electron chi connectivity index (χ0n) is 10.8. The maximum absolute atomic E-state index is 12.2. The lowest BCUT2D eigenvalue weighted by Gasteiger charge is -2.33. The van der Waals surface area contributed by atoms with E-state index >= 15 is 0 Å². The quantitative estimate of drug-likeness (QED) is 0.907. The number of amides is 1. The standard InChI is InChI=1S/C14H17BrClNO2/c1-14(4-6-19-7-5-14)9-17-13(18)11-8-10(15)2-3-12(11)16/h2-3,8H,4-7,9H2,1H3,(H,17,18). The van der Waals surface area contributed by atoms with Crippen LogP contribution in [0.3, 0.4) is 0 Å². The molecule has 19 heavy (non-hydrogen) atoms. The molecule has 1 amide bonds. The number of ether oxygens (including phenoxy) is 1. The van der Waals surface area contributed by atoms with Crippen molar-refractivity contribution < 1.29 is 9.53 Å². The molecule has 1 aliphatic rings. The van der Waals surface area contributed by atoms with Crippen LogP contribution in [0.2, 0.25) is 5.02 Å². The Balaban J connectivity index is 1.99. The van der Waals surface area contributed by atoms with Gasteiger partial charge >= 0.3 is 0 Å². The molecule has 1 aliphatic heterocycles. The third-order valence-corrected chi connectivity index (χ3v) is 4.37. The number of rotatable bonds is 3. The van der Waals surface area contributed by atoms with Gasteiger partial charge in [0.15, 0.2) is 0 Å². The first-order valence-corrected chi connectivity index (χ1v) is 7.48. The second-order valence-electron chi connectivity index (χ2n) is 5.23. The minimum absolute atomic E-state index is 0.117. The zero-order chi connectivity index (χ0) is 13.9. The van der Waals surface area contributed by atoms with Gasteiger partial charge in [0.05, 0.1) is 10.6 Å². The van der Waals surface area contributed by atoms with Crippen molar-refractivity contribution in [3.8, 4) is 0 Å². The third kappa shape index (κ3) is 3.94. The van der Waals surface area contributed by atoms with E-state index in [2.05, 4.69) is 28.2 Å². The highest BCUT2D eigenvalue weighted by Gasteiger charge is 2.28. The molecule has 0 radical (unpaired) electrons. The first kappa shape index (κ1) is 14.8. The summed E-state index contributed by atoms with van der Waals surface area (Å²) in [6.45, 7) is 4.37. The van der Waals surface area contributed by atoms with Gasteiger partial charge in [0, 0.05) is 24.2 Å². The molecule has 0 spiro atoms. The highest BCUT2D eigenvalue weighted by Crippen LogP contribution is 2.29. The SMILES string of the molecule is CC1(CNC(=O)c2cc(Br)ccc2Cl)CCOCC1. The lowest BCUT2D eigenvalue weighted by atomic mass is 9.82. The van der Waals surface area contributed by atoms with E-state index in [1.807, 2.05) is 6.07 Å². The van der Waals surface area contributed by atoms with Gasteiger partial charge in [-0.3, -0.25) is 4.79 Å². The second-order valence-corrected chi connectivity index (χ2v) is 6.55. The van der Waals surface area contributed by atoms with Gasteiger partial charge < -0.3 is 10.1 Å². The molecular weight excluding hydrogens is 330 g/mol. The summed E-state index contributed by atoms with van der Waals surface area (Å²) >= 11 is 9.39. The van der Waals surface area contributed by atoms with Crippen LogP contribution in [0.1, 0.15) is 30.1 Å². The molecule has 3 nitrogen and oxygen atoms in total. The Hall–Kier alpha value is -0.580. The summed E-state index contributed by atoms with van der Waals surface area (Å²) in [5.74, 6) is -0.126. The molecule has 0 atom stereocenters. The van der Waals surface area contributed by atoms with E-state index in [-0.39, 0.29) is 11.3 Å². The monoisotopic (exact) mass is 345 g/mol. The highest BCUT2D eigenvalue weighted by molar-refractivity contribution is 9.10. The average Bonchev–Trinajstić information content (AvgIpc) is 2.40. The summed E-state index contributed by atoms with van der Waals surface area (Å²) in [4.78, 5) is 12.2. The van der Waals surface area contributed by atoms with Crippen molar-refractivity contribution in [3.05, 3.63) is 33.3 Å². The molecule has 0 saturated carbocycles. The fraction of sp³-hybridized carbons (Fsp3) is 0.500. The average molecular weight is 347 g/mol. The highest BCUT2D eigenvalue weighted by atomic mass is 79.9. The van der Waals surface area contributed by atoms with Gasteiger partial charge in [0.2, 0.25) is 0 Å². The zero-order valence-corrected chi connectivity index (χ0v) is 13.2. The van der Waals surface area contributed by atoms with E-state index in [4.69, 9.17) is 16.3 Å². The fourth-order valence-corrected chi connectivity index (χ4v) is 2.67. The molecule has 1 N–H and O–H groups in total. The predicted molar refractivity (Wildman–Crippen MR) is 79.6 cm³/mol. The van der Waals surface area contributed by atoms with E-state index < -0.39 is 0 Å². The molecule has 2 rings (SSSR count). The minimum atomic E-state index is -0.126. The van der Waals surface area contributed by atoms with Crippen LogP contribution < -0.4 is 5.32 Å². The lowest BCUT2D eigenvalue weighted by molar-refractivity contribution is 0.0238. The van der Waals surface area contributed by atoms with Gasteiger partial charge in [0.1, 0.15) is 0 Å². The van der Waals surface area contributed by atoms with E-state index in [1.54, 1.807) is 12.1 Å². The Labute approximate surface area is 126 Å². The summed E-state index contributed by atoms with van der Waals surface area (Å²) in [7, 11) is 0. The summed E-state index contributed by atoms with van der Waals surface area (Å²) in [5, 5.41) is 3.45. The van der Waals surface area contributed by atoms with Crippen LogP contribution in [-0.2, 0) is 4.74 Å². The second kappa shape index (κ2) is 6.25. The first-order chi connectivity index (χ1) is 9.00. The molecule has 0 bridgehead atoms. The van der Waals surface area contributed by atoms with E-state index in [1.165, 1.54) is 0 Å². The normalized spacial score (nSPS) is 18.1. The Morgan fingerprint density at radius 2 is 2.16 bits per heavy atom. The van der Waals surface area contributed by atoms with Crippen molar-refractivity contribution in [1.82, 2.24) is 5.32 Å². The molecule has 0 aliphatic carbocycles. The molecule has 1 aromatic carbocycles. The van der Waals surface area contributed by atoms with Crippen LogP contribution in [0.4, 0.5) is 0 Å². The van der Waals surface area contributed by atoms with Crippen molar-refractivity contribution >= 4 is 33.4 Å². The van der Waals surface area contributed by atoms with Gasteiger partial charge in [-0.1, -0.05) is 34.5 Å². The van der Waals surface area contributed by atoms with E-state index in [0.717, 1.165) is 30.5 Å². The molecule has 104 valence electrons. The number of benzene rings is 1. The van der Waals surface area contributed by atoms with E-state index in [9.17, 15) is 4.79 Å². The molecule has 1 fully saturated rings. The summed E-state index contributed by atoms with van der Waals surface area (Å²) < 4.78 is 6.20. The Morgan fingerprint density at radius 1 is 1.47 bits per heavy atom. The van der Waals surface area contributed by atoms with Gasteiger partial charge in [-0.05, 0) is 36.5 Å². The largest absolute Gasteiger partial charge is 0.381 e. The topological polar surface area (TPSA) is 38.3 Å². The minimum Gasteiger partial charge on any atom is -0.381 e. The fourth-order valence-electron chi connectivity index (χ4n) is 2.10. The van der Waals surface area contributed by atoms with Gasteiger partial charge in [-0.25, -0.2) is 0 Å². The number of halogens is 2. The van der Waals surface area contributed by atoms with Crippen LogP contribution in [0.5, 0.6) is 0 Å². The summed E-state index contributed by atoms with van der Waals surface area (Å²) in [5.41, 5.74) is 0.624. The van der Waals surface area contributed by atoms with Crippen LogP contribution in [0.25, 0.3) is 0 Å². The maximum atomic E-state index is 12.2.